The molecule has 0 bridgehead atoms. The van der Waals surface area contributed by atoms with Crippen LogP contribution in [0.5, 0.6) is 0 Å². The van der Waals surface area contributed by atoms with Crippen LogP contribution in [0.2, 0.25) is 0 Å². The van der Waals surface area contributed by atoms with Crippen LogP contribution in [0.25, 0.3) is 0 Å². The molecule has 1 fully saturated rings. The van der Waals surface area contributed by atoms with Crippen LogP contribution >= 0.6 is 31.9 Å². The molecule has 0 heterocycles. The number of rotatable bonds is 5. The molecule has 4 nitrogen and oxygen atoms in total. The highest BCUT2D eigenvalue weighted by Crippen LogP contribution is 2.29. The fourth-order valence-corrected chi connectivity index (χ4v) is 5.02. The van der Waals surface area contributed by atoms with Gasteiger partial charge in [0.15, 0.2) is 0 Å². The average Bonchev–Trinajstić information content (AvgIpc) is 2.25. The van der Waals surface area contributed by atoms with Gasteiger partial charge in [0.05, 0.1) is 11.0 Å². The van der Waals surface area contributed by atoms with E-state index in [1.54, 1.807) is 18.2 Å². The first-order valence-corrected chi connectivity index (χ1v) is 9.08. The summed E-state index contributed by atoms with van der Waals surface area (Å²) in [5, 5.41) is 0. The first-order chi connectivity index (χ1) is 8.92. The first kappa shape index (κ1) is 15.4. The minimum Gasteiger partial charge on any atom is -0.378 e. The van der Waals surface area contributed by atoms with Crippen molar-refractivity contribution in [2.75, 3.05) is 6.61 Å². The van der Waals surface area contributed by atoms with Crippen LogP contribution in [0.3, 0.4) is 0 Å². The summed E-state index contributed by atoms with van der Waals surface area (Å²) in [6.07, 6.45) is 1.66. The van der Waals surface area contributed by atoms with Gasteiger partial charge in [-0.3, -0.25) is 0 Å². The largest absolute Gasteiger partial charge is 0.378 e. The van der Waals surface area contributed by atoms with Crippen molar-refractivity contribution < 1.29 is 13.2 Å². The second-order valence-electron chi connectivity index (χ2n) is 4.44. The highest BCUT2D eigenvalue weighted by Gasteiger charge is 2.33. The zero-order chi connectivity index (χ0) is 14.0. The van der Waals surface area contributed by atoms with E-state index in [-0.39, 0.29) is 17.0 Å². The predicted octanol–water partition coefficient (Wildman–Crippen LogP) is 3.06. The molecule has 1 aliphatic rings. The lowest BCUT2D eigenvalue weighted by molar-refractivity contribution is -0.00476. The van der Waals surface area contributed by atoms with E-state index in [9.17, 15) is 8.42 Å². The summed E-state index contributed by atoms with van der Waals surface area (Å²) in [4.78, 5) is 0.260. The molecule has 0 radical (unpaired) electrons. The van der Waals surface area contributed by atoms with Gasteiger partial charge in [-0.1, -0.05) is 15.9 Å². The third-order valence-corrected chi connectivity index (χ3v) is 5.99. The van der Waals surface area contributed by atoms with E-state index >= 15 is 0 Å². The lowest BCUT2D eigenvalue weighted by Gasteiger charge is -2.35. The zero-order valence-corrected chi connectivity index (χ0v) is 14.4. The molecule has 0 aromatic heterocycles. The van der Waals surface area contributed by atoms with E-state index in [2.05, 4.69) is 36.6 Å². The summed E-state index contributed by atoms with van der Waals surface area (Å²) in [5.74, 6) is 0. The molecule has 1 saturated carbocycles. The van der Waals surface area contributed by atoms with Gasteiger partial charge in [0.2, 0.25) is 10.0 Å². The number of sulfonamides is 1. The van der Waals surface area contributed by atoms with Gasteiger partial charge in [-0.25, -0.2) is 13.1 Å². The Morgan fingerprint density at radius 2 is 2.05 bits per heavy atom. The minimum atomic E-state index is -3.48. The third-order valence-electron chi connectivity index (χ3n) is 3.00. The van der Waals surface area contributed by atoms with Crippen LogP contribution in [-0.2, 0) is 14.8 Å². The van der Waals surface area contributed by atoms with Crippen LogP contribution in [0.4, 0.5) is 0 Å². The molecule has 19 heavy (non-hydrogen) atoms. The molecule has 0 atom stereocenters. The lowest BCUT2D eigenvalue weighted by Crippen LogP contribution is -2.47. The van der Waals surface area contributed by atoms with Gasteiger partial charge in [-0.2, -0.15) is 0 Å². The molecule has 7 heteroatoms. The number of ether oxygens (including phenoxy) is 1. The Balaban J connectivity index is 2.03. The molecule has 0 amide bonds. The maximum Gasteiger partial charge on any atom is 0.241 e. The molecular formula is C12H15Br2NO3S. The van der Waals surface area contributed by atoms with Crippen LogP contribution < -0.4 is 4.72 Å². The van der Waals surface area contributed by atoms with E-state index in [0.717, 1.165) is 17.3 Å². The van der Waals surface area contributed by atoms with Crippen molar-refractivity contribution in [3.8, 4) is 0 Å². The quantitative estimate of drug-likeness (QED) is 0.808. The molecule has 0 saturated heterocycles. The highest BCUT2D eigenvalue weighted by atomic mass is 79.9. The molecule has 1 aliphatic carbocycles. The fraction of sp³-hybridized carbons (Fsp3) is 0.500. The summed E-state index contributed by atoms with van der Waals surface area (Å²) in [7, 11) is -3.48. The van der Waals surface area contributed by atoms with Crippen LogP contribution in [0, 0.1) is 0 Å². The number of hydrogen-bond acceptors (Lipinski definition) is 3. The normalized spacial score (nSPS) is 23.1. The Morgan fingerprint density at radius 1 is 1.37 bits per heavy atom. The Hall–Kier alpha value is 0.0500. The molecule has 1 N–H and O–H groups in total. The van der Waals surface area contributed by atoms with Gasteiger partial charge in [0.25, 0.3) is 0 Å². The van der Waals surface area contributed by atoms with Gasteiger partial charge in [-0.15, -0.1) is 0 Å². The van der Waals surface area contributed by atoms with Crippen molar-refractivity contribution in [3.63, 3.8) is 0 Å². The second kappa shape index (κ2) is 6.22. The maximum atomic E-state index is 12.2. The molecule has 106 valence electrons. The average molecular weight is 413 g/mol. The molecular weight excluding hydrogens is 398 g/mol. The standard InChI is InChI=1S/C12H15Br2NO3S/c1-2-18-10-6-9(7-10)15-19(16,17)12-4-3-8(13)5-11(12)14/h3-5,9-10,15H,2,6-7H2,1H3. The van der Waals surface area contributed by atoms with Crippen LogP contribution in [0.1, 0.15) is 19.8 Å². The molecule has 2 rings (SSSR count). The van der Waals surface area contributed by atoms with Crippen molar-refractivity contribution in [2.45, 2.75) is 36.8 Å². The van der Waals surface area contributed by atoms with Gasteiger partial charge in [0.1, 0.15) is 0 Å². The SMILES string of the molecule is CCOC1CC(NS(=O)(=O)c2ccc(Br)cc2Br)C1. The Labute approximate surface area is 130 Å². The third kappa shape index (κ3) is 3.78. The Kier molecular flexibility index (Phi) is 5.05. The topological polar surface area (TPSA) is 55.4 Å². The van der Waals surface area contributed by atoms with Crippen molar-refractivity contribution in [1.82, 2.24) is 4.72 Å². The zero-order valence-electron chi connectivity index (χ0n) is 10.4. The minimum absolute atomic E-state index is 0.0305. The fourth-order valence-electron chi connectivity index (χ4n) is 2.01. The maximum absolute atomic E-state index is 12.2. The number of hydrogen-bond donors (Lipinski definition) is 1. The summed E-state index contributed by atoms with van der Waals surface area (Å²) in [6, 6.07) is 4.98. The summed E-state index contributed by atoms with van der Waals surface area (Å²) in [5.41, 5.74) is 0. The Bertz CT molecular complexity index is 556. The molecule has 1 aromatic rings. The Morgan fingerprint density at radius 3 is 2.63 bits per heavy atom. The van der Waals surface area contributed by atoms with Gasteiger partial charge >= 0.3 is 0 Å². The summed E-state index contributed by atoms with van der Waals surface area (Å²) in [6.45, 7) is 2.61. The van der Waals surface area contributed by atoms with Crippen molar-refractivity contribution in [2.24, 2.45) is 0 Å². The summed E-state index contributed by atoms with van der Waals surface area (Å²) >= 11 is 6.58. The van der Waals surface area contributed by atoms with Crippen molar-refractivity contribution in [3.05, 3.63) is 27.1 Å². The predicted molar refractivity (Wildman–Crippen MR) is 80.6 cm³/mol. The molecule has 1 aromatic carbocycles. The highest BCUT2D eigenvalue weighted by molar-refractivity contribution is 9.11. The van der Waals surface area contributed by atoms with E-state index in [1.807, 2.05) is 6.92 Å². The van der Waals surface area contributed by atoms with E-state index < -0.39 is 10.0 Å². The van der Waals surface area contributed by atoms with E-state index in [4.69, 9.17) is 4.74 Å². The molecule has 0 unspecified atom stereocenters. The van der Waals surface area contributed by atoms with Crippen LogP contribution in [0.15, 0.2) is 32.0 Å². The van der Waals surface area contributed by atoms with Crippen molar-refractivity contribution in [1.29, 1.82) is 0 Å². The monoisotopic (exact) mass is 411 g/mol. The van der Waals surface area contributed by atoms with E-state index in [1.165, 1.54) is 0 Å². The molecule has 0 spiro atoms. The van der Waals surface area contributed by atoms with Gasteiger partial charge in [-0.05, 0) is 53.9 Å². The lowest BCUT2D eigenvalue weighted by atomic mass is 9.90. The second-order valence-corrected chi connectivity index (χ2v) is 7.89. The number of halogens is 2. The van der Waals surface area contributed by atoms with E-state index in [0.29, 0.717) is 11.1 Å². The van der Waals surface area contributed by atoms with Gasteiger partial charge < -0.3 is 4.74 Å². The van der Waals surface area contributed by atoms with Crippen LogP contribution in [-0.4, -0.2) is 27.2 Å². The number of nitrogens with one attached hydrogen (secondary N) is 1. The van der Waals surface area contributed by atoms with Gasteiger partial charge in [0, 0.05) is 21.6 Å². The number of benzene rings is 1. The van der Waals surface area contributed by atoms with Crippen molar-refractivity contribution >= 4 is 41.9 Å². The smallest absolute Gasteiger partial charge is 0.241 e. The summed E-state index contributed by atoms with van der Waals surface area (Å²) < 4.78 is 34.0. The first-order valence-electron chi connectivity index (χ1n) is 6.01. The molecule has 0 aliphatic heterocycles.